The van der Waals surface area contributed by atoms with Gasteiger partial charge in [-0.2, -0.15) is 0 Å². The summed E-state index contributed by atoms with van der Waals surface area (Å²) in [5, 5.41) is 2.90. The SMILES string of the molecule is CCNC(=O)[C@@H](C)N(Cc1ccc(OC)cc1)C(=O)CN(c1ccc(OC)c(Cl)c1)S(C)(=O)=O. The molecule has 0 bridgehead atoms. The first-order valence-electron chi connectivity index (χ1n) is 10.5. The van der Waals surface area contributed by atoms with Gasteiger partial charge in [0.25, 0.3) is 0 Å². The molecule has 2 amide bonds. The average molecular weight is 512 g/mol. The number of ether oxygens (including phenoxy) is 2. The van der Waals surface area contributed by atoms with E-state index in [1.807, 2.05) is 0 Å². The van der Waals surface area contributed by atoms with Crippen LogP contribution in [-0.2, 0) is 26.2 Å². The smallest absolute Gasteiger partial charge is 0.244 e. The number of hydrogen-bond donors (Lipinski definition) is 1. The van der Waals surface area contributed by atoms with Gasteiger partial charge in [-0.3, -0.25) is 13.9 Å². The summed E-state index contributed by atoms with van der Waals surface area (Å²) in [5.74, 6) is 0.129. The van der Waals surface area contributed by atoms with Gasteiger partial charge >= 0.3 is 0 Å². The second kappa shape index (κ2) is 11.9. The van der Waals surface area contributed by atoms with Crippen LogP contribution in [0.2, 0.25) is 5.02 Å². The number of halogens is 1. The molecule has 0 radical (unpaired) electrons. The quantitative estimate of drug-likeness (QED) is 0.497. The molecule has 0 aliphatic heterocycles. The number of amides is 2. The monoisotopic (exact) mass is 511 g/mol. The van der Waals surface area contributed by atoms with Crippen molar-refractivity contribution in [3.8, 4) is 11.5 Å². The summed E-state index contributed by atoms with van der Waals surface area (Å²) in [6.07, 6.45) is 0.999. The molecule has 1 N–H and O–H groups in total. The van der Waals surface area contributed by atoms with Crippen molar-refractivity contribution in [1.82, 2.24) is 10.2 Å². The molecule has 9 nitrogen and oxygen atoms in total. The first-order valence-corrected chi connectivity index (χ1v) is 12.8. The van der Waals surface area contributed by atoms with E-state index >= 15 is 0 Å². The lowest BCUT2D eigenvalue weighted by Gasteiger charge is -2.31. The van der Waals surface area contributed by atoms with Gasteiger partial charge in [-0.25, -0.2) is 8.42 Å². The zero-order chi connectivity index (χ0) is 25.5. The summed E-state index contributed by atoms with van der Waals surface area (Å²) < 4.78 is 36.4. The lowest BCUT2D eigenvalue weighted by atomic mass is 10.1. The number of rotatable bonds is 11. The van der Waals surface area contributed by atoms with Crippen molar-refractivity contribution in [2.75, 3.05) is 37.9 Å². The van der Waals surface area contributed by atoms with Gasteiger partial charge in [-0.05, 0) is 49.7 Å². The predicted octanol–water partition coefficient (Wildman–Crippen LogP) is 2.68. The third-order valence-corrected chi connectivity index (χ3v) is 6.57. The van der Waals surface area contributed by atoms with E-state index in [2.05, 4.69) is 5.32 Å². The Bertz CT molecular complexity index is 1110. The molecule has 0 aliphatic rings. The molecule has 0 saturated carbocycles. The molecule has 0 heterocycles. The number of carbonyl (C=O) groups is 2. The van der Waals surface area contributed by atoms with Crippen LogP contribution in [0.25, 0.3) is 0 Å². The fraction of sp³-hybridized carbons (Fsp3) is 0.391. The average Bonchev–Trinajstić information content (AvgIpc) is 2.80. The molecule has 2 aromatic carbocycles. The molecular weight excluding hydrogens is 482 g/mol. The van der Waals surface area contributed by atoms with Crippen molar-refractivity contribution >= 4 is 39.1 Å². The number of methoxy groups -OCH3 is 2. The highest BCUT2D eigenvalue weighted by Gasteiger charge is 2.30. The summed E-state index contributed by atoms with van der Waals surface area (Å²) in [4.78, 5) is 27.3. The van der Waals surface area contributed by atoms with E-state index in [1.54, 1.807) is 45.2 Å². The van der Waals surface area contributed by atoms with Crippen molar-refractivity contribution < 1.29 is 27.5 Å². The van der Waals surface area contributed by atoms with E-state index in [-0.39, 0.29) is 23.2 Å². The summed E-state index contributed by atoms with van der Waals surface area (Å²) >= 11 is 6.18. The third-order valence-electron chi connectivity index (χ3n) is 5.13. The minimum absolute atomic E-state index is 0.0993. The Morgan fingerprint density at radius 3 is 2.24 bits per heavy atom. The van der Waals surface area contributed by atoms with Crippen LogP contribution in [0, 0.1) is 0 Å². The largest absolute Gasteiger partial charge is 0.497 e. The fourth-order valence-corrected chi connectivity index (χ4v) is 4.35. The molecule has 0 saturated heterocycles. The predicted molar refractivity (Wildman–Crippen MR) is 132 cm³/mol. The molecular formula is C23H30ClN3O6S. The Kier molecular flexibility index (Phi) is 9.57. The Balaban J connectivity index is 2.39. The molecule has 2 rings (SSSR count). The maximum Gasteiger partial charge on any atom is 0.244 e. The second-order valence-electron chi connectivity index (χ2n) is 7.53. The van der Waals surface area contributed by atoms with Crippen molar-refractivity contribution in [3.05, 3.63) is 53.1 Å². The number of benzene rings is 2. The first kappa shape index (κ1) is 27.3. The first-order chi connectivity index (χ1) is 16.0. The number of anilines is 1. The fourth-order valence-electron chi connectivity index (χ4n) is 3.26. The minimum atomic E-state index is -3.85. The van der Waals surface area contributed by atoms with Crippen LogP contribution in [0.3, 0.4) is 0 Å². The zero-order valence-electron chi connectivity index (χ0n) is 19.9. The van der Waals surface area contributed by atoms with E-state index in [1.165, 1.54) is 30.2 Å². The van der Waals surface area contributed by atoms with Crippen molar-refractivity contribution in [2.24, 2.45) is 0 Å². The number of nitrogens with zero attached hydrogens (tertiary/aromatic N) is 2. The van der Waals surface area contributed by atoms with Crippen LogP contribution < -0.4 is 19.1 Å². The summed E-state index contributed by atoms with van der Waals surface area (Å²) in [7, 11) is -0.860. The van der Waals surface area contributed by atoms with Gasteiger partial charge in [0, 0.05) is 13.1 Å². The molecule has 0 fully saturated rings. The number of sulfonamides is 1. The molecule has 0 aliphatic carbocycles. The Morgan fingerprint density at radius 1 is 1.09 bits per heavy atom. The number of carbonyl (C=O) groups excluding carboxylic acids is 2. The van der Waals surface area contributed by atoms with E-state index < -0.39 is 28.5 Å². The van der Waals surface area contributed by atoms with Crippen molar-refractivity contribution in [2.45, 2.75) is 26.4 Å². The third kappa shape index (κ3) is 7.01. The molecule has 1 atom stereocenters. The van der Waals surface area contributed by atoms with Crippen LogP contribution in [-0.4, -0.2) is 64.7 Å². The molecule has 2 aromatic rings. The van der Waals surface area contributed by atoms with Crippen LogP contribution in [0.5, 0.6) is 11.5 Å². The van der Waals surface area contributed by atoms with Gasteiger partial charge in [-0.1, -0.05) is 23.7 Å². The molecule has 0 unspecified atom stereocenters. The van der Waals surface area contributed by atoms with Crippen molar-refractivity contribution in [1.29, 1.82) is 0 Å². The van der Waals surface area contributed by atoms with Gasteiger partial charge in [0.1, 0.15) is 24.1 Å². The van der Waals surface area contributed by atoms with Crippen LogP contribution in [0.15, 0.2) is 42.5 Å². The topological polar surface area (TPSA) is 105 Å². The molecule has 186 valence electrons. The maximum absolute atomic E-state index is 13.4. The lowest BCUT2D eigenvalue weighted by molar-refractivity contribution is -0.139. The summed E-state index contributed by atoms with van der Waals surface area (Å²) in [6, 6.07) is 10.6. The number of hydrogen-bond acceptors (Lipinski definition) is 6. The van der Waals surface area contributed by atoms with Gasteiger partial charge in [0.2, 0.25) is 21.8 Å². The van der Waals surface area contributed by atoms with Gasteiger partial charge in [0.05, 0.1) is 31.2 Å². The number of nitrogens with one attached hydrogen (secondary N) is 1. The van der Waals surface area contributed by atoms with Gasteiger partial charge < -0.3 is 19.7 Å². The second-order valence-corrected chi connectivity index (χ2v) is 9.84. The Hall–Kier alpha value is -2.98. The highest BCUT2D eigenvalue weighted by molar-refractivity contribution is 7.92. The van der Waals surface area contributed by atoms with E-state index in [9.17, 15) is 18.0 Å². The van der Waals surface area contributed by atoms with Crippen molar-refractivity contribution in [3.63, 3.8) is 0 Å². The Morgan fingerprint density at radius 2 is 1.74 bits per heavy atom. The minimum Gasteiger partial charge on any atom is -0.497 e. The van der Waals surface area contributed by atoms with E-state index in [0.717, 1.165) is 16.1 Å². The van der Waals surface area contributed by atoms with Gasteiger partial charge in [0.15, 0.2) is 0 Å². The summed E-state index contributed by atoms with van der Waals surface area (Å²) in [6.45, 7) is 3.36. The van der Waals surface area contributed by atoms with E-state index in [4.69, 9.17) is 21.1 Å². The lowest BCUT2D eigenvalue weighted by Crippen LogP contribution is -2.51. The molecule has 34 heavy (non-hydrogen) atoms. The zero-order valence-corrected chi connectivity index (χ0v) is 21.4. The molecule has 11 heteroatoms. The normalized spacial score (nSPS) is 11.9. The highest BCUT2D eigenvalue weighted by Crippen LogP contribution is 2.30. The van der Waals surface area contributed by atoms with E-state index in [0.29, 0.717) is 18.0 Å². The summed E-state index contributed by atoms with van der Waals surface area (Å²) in [5.41, 5.74) is 0.959. The Labute approximate surface area is 205 Å². The van der Waals surface area contributed by atoms with Gasteiger partial charge in [-0.15, -0.1) is 0 Å². The van der Waals surface area contributed by atoms with Crippen LogP contribution in [0.1, 0.15) is 19.4 Å². The maximum atomic E-state index is 13.4. The molecule has 0 spiro atoms. The number of likely N-dealkylation sites (N-methyl/N-ethyl adjacent to an activating group) is 1. The highest BCUT2D eigenvalue weighted by atomic mass is 35.5. The van der Waals surface area contributed by atoms with Crippen LogP contribution >= 0.6 is 11.6 Å². The standard InChI is InChI=1S/C23H30ClN3O6S/c1-6-25-23(29)16(2)26(14-17-7-10-19(32-3)11-8-17)22(28)15-27(34(5,30)31)18-9-12-21(33-4)20(24)13-18/h7-13,16H,6,14-15H2,1-5H3,(H,25,29)/t16-/m1/s1. The van der Waals surface area contributed by atoms with Crippen LogP contribution in [0.4, 0.5) is 5.69 Å². The molecule has 0 aromatic heterocycles.